The highest BCUT2D eigenvalue weighted by atomic mass is 19.1. The largest absolute Gasteiger partial charge is 0.419 e. The van der Waals surface area contributed by atoms with E-state index in [0.717, 1.165) is 52.2 Å². The second-order valence-electron chi connectivity index (χ2n) is 8.48. The average Bonchev–Trinajstić information content (AvgIpc) is 3.34. The van der Waals surface area contributed by atoms with Gasteiger partial charge in [-0.3, -0.25) is 9.80 Å². The summed E-state index contributed by atoms with van der Waals surface area (Å²) < 4.78 is 24.7. The van der Waals surface area contributed by atoms with Gasteiger partial charge in [0.05, 0.1) is 25.9 Å². The molecule has 3 aliphatic rings. The standard InChI is InChI=1S/C21H27FN4O3/c22-17-3-1-2-14(8-17)21-24-23-20(29-21)13-25-11-15-9-18(19(27)10-16(15)12-25)26-4-6-28-7-5-26/h1-3,8,15-16,18-19,27H,4-7,9-13H2/t15-,16+,18-,19-/m1/s1. The van der Waals surface area contributed by atoms with E-state index in [1.165, 1.54) is 12.1 Å². The number of rotatable bonds is 4. The summed E-state index contributed by atoms with van der Waals surface area (Å²) >= 11 is 0. The fourth-order valence-electron chi connectivity index (χ4n) is 5.18. The number of nitrogens with zero attached hydrogens (tertiary/aromatic N) is 4. The Balaban J connectivity index is 1.21. The van der Waals surface area contributed by atoms with Gasteiger partial charge in [-0.15, -0.1) is 10.2 Å². The molecule has 2 aliphatic heterocycles. The SMILES string of the molecule is O[C@@H]1C[C@H]2CN(Cc3nnc(-c4cccc(F)c4)o3)C[C@H]2C[C@H]1N1CCOCC1. The quantitative estimate of drug-likeness (QED) is 0.836. The molecule has 0 spiro atoms. The lowest BCUT2D eigenvalue weighted by molar-refractivity contribution is -0.0520. The second-order valence-corrected chi connectivity index (χ2v) is 8.48. The highest BCUT2D eigenvalue weighted by Crippen LogP contribution is 2.39. The van der Waals surface area contributed by atoms with Crippen LogP contribution in [-0.4, -0.2) is 76.6 Å². The predicted molar refractivity (Wildman–Crippen MR) is 103 cm³/mol. The summed E-state index contributed by atoms with van der Waals surface area (Å²) in [4.78, 5) is 4.74. The van der Waals surface area contributed by atoms with Crippen LogP contribution in [0.5, 0.6) is 0 Å². The van der Waals surface area contributed by atoms with Crippen molar-refractivity contribution in [2.24, 2.45) is 11.8 Å². The number of benzene rings is 1. The van der Waals surface area contributed by atoms with Gasteiger partial charge in [-0.25, -0.2) is 4.39 Å². The molecule has 156 valence electrons. The number of aromatic nitrogens is 2. The lowest BCUT2D eigenvalue weighted by Gasteiger charge is -2.43. The van der Waals surface area contributed by atoms with E-state index in [4.69, 9.17) is 9.15 Å². The van der Waals surface area contributed by atoms with Crippen LogP contribution in [0.1, 0.15) is 18.7 Å². The Labute approximate surface area is 169 Å². The van der Waals surface area contributed by atoms with Crippen LogP contribution < -0.4 is 0 Å². The van der Waals surface area contributed by atoms with Crippen molar-refractivity contribution in [1.82, 2.24) is 20.0 Å². The fraction of sp³-hybridized carbons (Fsp3) is 0.619. The van der Waals surface area contributed by atoms with Gasteiger partial charge in [0.1, 0.15) is 5.82 Å². The zero-order valence-electron chi connectivity index (χ0n) is 16.4. The number of fused-ring (bicyclic) bond motifs is 1. The topological polar surface area (TPSA) is 74.9 Å². The monoisotopic (exact) mass is 402 g/mol. The summed E-state index contributed by atoms with van der Waals surface area (Å²) in [5.74, 6) is 1.66. The van der Waals surface area contributed by atoms with Crippen molar-refractivity contribution in [3.05, 3.63) is 36.0 Å². The molecule has 7 nitrogen and oxygen atoms in total. The zero-order valence-corrected chi connectivity index (χ0v) is 16.4. The van der Waals surface area contributed by atoms with Gasteiger partial charge in [-0.1, -0.05) is 6.07 Å². The van der Waals surface area contributed by atoms with Gasteiger partial charge >= 0.3 is 0 Å². The molecule has 0 radical (unpaired) electrons. The van der Waals surface area contributed by atoms with Crippen molar-refractivity contribution < 1.29 is 18.7 Å². The highest BCUT2D eigenvalue weighted by molar-refractivity contribution is 5.52. The second kappa shape index (κ2) is 8.10. The van der Waals surface area contributed by atoms with E-state index in [9.17, 15) is 9.50 Å². The third kappa shape index (κ3) is 4.07. The van der Waals surface area contributed by atoms with Crippen LogP contribution in [0.3, 0.4) is 0 Å². The van der Waals surface area contributed by atoms with E-state index in [-0.39, 0.29) is 18.0 Å². The molecule has 2 saturated heterocycles. The molecule has 0 amide bonds. The summed E-state index contributed by atoms with van der Waals surface area (Å²) in [6.45, 7) is 5.85. The predicted octanol–water partition coefficient (Wildman–Crippen LogP) is 1.78. The van der Waals surface area contributed by atoms with Gasteiger partial charge in [0.2, 0.25) is 11.8 Å². The molecule has 0 unspecified atom stereocenters. The van der Waals surface area contributed by atoms with Gasteiger partial charge in [-0.2, -0.15) is 0 Å². The third-order valence-corrected chi connectivity index (χ3v) is 6.60. The molecule has 2 aromatic rings. The molecule has 1 saturated carbocycles. The van der Waals surface area contributed by atoms with Gasteiger partial charge in [0, 0.05) is 37.8 Å². The number of aliphatic hydroxyl groups excluding tert-OH is 1. The Morgan fingerprint density at radius 3 is 2.69 bits per heavy atom. The molecule has 1 aromatic heterocycles. The summed E-state index contributed by atoms with van der Waals surface area (Å²) in [6.07, 6.45) is 1.61. The molecular weight excluding hydrogens is 375 g/mol. The number of hydrogen-bond acceptors (Lipinski definition) is 7. The first-order chi connectivity index (χ1) is 14.2. The van der Waals surface area contributed by atoms with Crippen molar-refractivity contribution in [3.8, 4) is 11.5 Å². The minimum Gasteiger partial charge on any atom is -0.419 e. The molecule has 8 heteroatoms. The molecule has 29 heavy (non-hydrogen) atoms. The first-order valence-electron chi connectivity index (χ1n) is 10.5. The summed E-state index contributed by atoms with van der Waals surface area (Å²) in [5, 5.41) is 19.0. The van der Waals surface area contributed by atoms with Gasteiger partial charge < -0.3 is 14.3 Å². The molecule has 1 aliphatic carbocycles. The van der Waals surface area contributed by atoms with Gasteiger partial charge in [0.25, 0.3) is 0 Å². The van der Waals surface area contributed by atoms with Gasteiger partial charge in [-0.05, 0) is 42.9 Å². The lowest BCUT2D eigenvalue weighted by Crippen LogP contribution is -2.53. The van der Waals surface area contributed by atoms with Crippen LogP contribution >= 0.6 is 0 Å². The van der Waals surface area contributed by atoms with Gasteiger partial charge in [0.15, 0.2) is 0 Å². The van der Waals surface area contributed by atoms with Crippen LogP contribution in [-0.2, 0) is 11.3 Å². The normalized spacial score (nSPS) is 31.1. The first kappa shape index (κ1) is 19.1. The Hall–Kier alpha value is -1.87. The number of morpholine rings is 1. The summed E-state index contributed by atoms with van der Waals surface area (Å²) in [5.41, 5.74) is 0.593. The maximum atomic E-state index is 13.4. The number of halogens is 1. The molecule has 3 fully saturated rings. The van der Waals surface area contributed by atoms with Crippen LogP contribution in [0.4, 0.5) is 4.39 Å². The van der Waals surface area contributed by atoms with E-state index in [0.29, 0.717) is 35.7 Å². The van der Waals surface area contributed by atoms with E-state index in [2.05, 4.69) is 20.0 Å². The smallest absolute Gasteiger partial charge is 0.247 e. The lowest BCUT2D eigenvalue weighted by atomic mass is 9.77. The van der Waals surface area contributed by atoms with E-state index >= 15 is 0 Å². The molecular formula is C21H27FN4O3. The van der Waals surface area contributed by atoms with E-state index in [1.807, 2.05) is 0 Å². The number of likely N-dealkylation sites (tertiary alicyclic amines) is 1. The minimum absolute atomic E-state index is 0.239. The molecule has 3 heterocycles. The number of aliphatic hydroxyl groups is 1. The summed E-state index contributed by atoms with van der Waals surface area (Å²) in [7, 11) is 0. The fourth-order valence-corrected chi connectivity index (χ4v) is 5.18. The maximum absolute atomic E-state index is 13.4. The molecule has 1 aromatic carbocycles. The first-order valence-corrected chi connectivity index (χ1v) is 10.5. The van der Waals surface area contributed by atoms with E-state index < -0.39 is 0 Å². The van der Waals surface area contributed by atoms with Crippen LogP contribution in [0.25, 0.3) is 11.5 Å². The highest BCUT2D eigenvalue weighted by Gasteiger charge is 2.43. The maximum Gasteiger partial charge on any atom is 0.247 e. The van der Waals surface area contributed by atoms with Crippen molar-refractivity contribution in [1.29, 1.82) is 0 Å². The van der Waals surface area contributed by atoms with Crippen LogP contribution in [0, 0.1) is 17.7 Å². The Bertz CT molecular complexity index is 841. The molecule has 0 bridgehead atoms. The van der Waals surface area contributed by atoms with Crippen molar-refractivity contribution in [2.45, 2.75) is 31.5 Å². The molecule has 1 N–H and O–H groups in total. The number of ether oxygens (including phenoxy) is 1. The zero-order chi connectivity index (χ0) is 19.8. The molecule has 5 rings (SSSR count). The van der Waals surface area contributed by atoms with E-state index in [1.54, 1.807) is 12.1 Å². The average molecular weight is 402 g/mol. The molecule has 4 atom stereocenters. The Kier molecular flexibility index (Phi) is 5.34. The number of hydrogen-bond donors (Lipinski definition) is 1. The van der Waals surface area contributed by atoms with Crippen molar-refractivity contribution >= 4 is 0 Å². The Morgan fingerprint density at radius 2 is 1.90 bits per heavy atom. The third-order valence-electron chi connectivity index (χ3n) is 6.60. The summed E-state index contributed by atoms with van der Waals surface area (Å²) in [6, 6.07) is 6.43. The Morgan fingerprint density at radius 1 is 1.10 bits per heavy atom. The van der Waals surface area contributed by atoms with Crippen molar-refractivity contribution in [2.75, 3.05) is 39.4 Å². The van der Waals surface area contributed by atoms with Crippen LogP contribution in [0.2, 0.25) is 0 Å². The minimum atomic E-state index is -0.320. The van der Waals surface area contributed by atoms with Crippen molar-refractivity contribution in [3.63, 3.8) is 0 Å². The van der Waals surface area contributed by atoms with Crippen LogP contribution in [0.15, 0.2) is 28.7 Å².